The van der Waals surface area contributed by atoms with Crippen molar-refractivity contribution < 1.29 is 0 Å². The Morgan fingerprint density at radius 1 is 1.47 bits per heavy atom. The number of nitrogens with zero attached hydrogens (tertiary/aromatic N) is 1. The molecule has 0 bridgehead atoms. The van der Waals surface area contributed by atoms with Crippen LogP contribution in [0.1, 0.15) is 4.88 Å². The van der Waals surface area contributed by atoms with Gasteiger partial charge in [0, 0.05) is 16.8 Å². The summed E-state index contributed by atoms with van der Waals surface area (Å²) in [6, 6.07) is 5.85. The molecule has 2 heterocycles. The monoisotopic (exact) mass is 302 g/mol. The van der Waals surface area contributed by atoms with Gasteiger partial charge in [-0.05, 0) is 34.1 Å². The summed E-state index contributed by atoms with van der Waals surface area (Å²) in [7, 11) is 0. The molecule has 0 aliphatic heterocycles. The maximum atomic E-state index is 5.83. The molecule has 0 aliphatic rings. The minimum absolute atomic E-state index is 0.778. The topological polar surface area (TPSA) is 24.9 Å². The molecule has 5 heteroatoms. The van der Waals surface area contributed by atoms with Crippen LogP contribution in [-0.4, -0.2) is 4.98 Å². The van der Waals surface area contributed by atoms with Crippen molar-refractivity contribution in [2.24, 2.45) is 0 Å². The molecule has 0 atom stereocenters. The third kappa shape index (κ3) is 3.19. The molecular formula is C10H8BrClN2S. The second-order valence-corrected chi connectivity index (χ2v) is 5.20. The number of nitrogens with one attached hydrogen (secondary N) is 1. The number of thiophene rings is 1. The lowest BCUT2D eigenvalue weighted by molar-refractivity contribution is 1.17. The molecule has 0 fully saturated rings. The predicted octanol–water partition coefficient (Wildman–Crippen LogP) is 4.17. The standard InChI is InChI=1S/C10H8BrClN2S/c11-10-2-1-8(4-14-10)13-5-9-3-7(12)6-15-9/h1-4,6,13H,5H2. The zero-order valence-electron chi connectivity index (χ0n) is 7.71. The van der Waals surface area contributed by atoms with Gasteiger partial charge in [0.15, 0.2) is 0 Å². The molecule has 15 heavy (non-hydrogen) atoms. The van der Waals surface area contributed by atoms with Crippen molar-refractivity contribution in [2.45, 2.75) is 6.54 Å². The van der Waals surface area contributed by atoms with E-state index in [1.54, 1.807) is 17.5 Å². The van der Waals surface area contributed by atoms with Crippen LogP contribution in [0, 0.1) is 0 Å². The van der Waals surface area contributed by atoms with E-state index in [-0.39, 0.29) is 0 Å². The number of pyridine rings is 1. The van der Waals surface area contributed by atoms with Crippen molar-refractivity contribution >= 4 is 44.6 Å². The van der Waals surface area contributed by atoms with E-state index < -0.39 is 0 Å². The second kappa shape index (κ2) is 4.96. The van der Waals surface area contributed by atoms with E-state index in [1.807, 2.05) is 23.6 Å². The number of halogens is 2. The van der Waals surface area contributed by atoms with Gasteiger partial charge in [-0.1, -0.05) is 11.6 Å². The molecule has 0 amide bonds. The molecule has 2 rings (SSSR count). The van der Waals surface area contributed by atoms with Crippen molar-refractivity contribution in [3.63, 3.8) is 0 Å². The fraction of sp³-hybridized carbons (Fsp3) is 0.100. The van der Waals surface area contributed by atoms with Gasteiger partial charge in [-0.3, -0.25) is 0 Å². The summed E-state index contributed by atoms with van der Waals surface area (Å²) in [5.74, 6) is 0. The first kappa shape index (κ1) is 10.9. The van der Waals surface area contributed by atoms with Gasteiger partial charge in [0.05, 0.1) is 16.9 Å². The van der Waals surface area contributed by atoms with E-state index in [0.717, 1.165) is 21.9 Å². The zero-order chi connectivity index (χ0) is 10.7. The van der Waals surface area contributed by atoms with Crippen LogP contribution >= 0.6 is 38.9 Å². The van der Waals surface area contributed by atoms with Crippen LogP contribution in [0.15, 0.2) is 34.4 Å². The Balaban J connectivity index is 1.96. The van der Waals surface area contributed by atoms with Crippen molar-refractivity contribution in [1.82, 2.24) is 4.98 Å². The summed E-state index contributed by atoms with van der Waals surface area (Å²) in [4.78, 5) is 5.34. The highest BCUT2D eigenvalue weighted by atomic mass is 79.9. The van der Waals surface area contributed by atoms with Crippen LogP contribution in [0.5, 0.6) is 0 Å². The lowest BCUT2D eigenvalue weighted by atomic mass is 10.4. The Labute approximate surface area is 105 Å². The van der Waals surface area contributed by atoms with Gasteiger partial charge in [-0.15, -0.1) is 11.3 Å². The maximum absolute atomic E-state index is 5.83. The van der Waals surface area contributed by atoms with Crippen LogP contribution in [0.2, 0.25) is 5.02 Å². The molecule has 0 saturated heterocycles. The van der Waals surface area contributed by atoms with E-state index in [1.165, 1.54) is 4.88 Å². The van der Waals surface area contributed by atoms with Gasteiger partial charge in [0.1, 0.15) is 4.60 Å². The number of hydrogen-bond acceptors (Lipinski definition) is 3. The lowest BCUT2D eigenvalue weighted by Gasteiger charge is -2.03. The summed E-state index contributed by atoms with van der Waals surface area (Å²) in [5.41, 5.74) is 1.00. The highest BCUT2D eigenvalue weighted by Crippen LogP contribution is 2.20. The minimum Gasteiger partial charge on any atom is -0.379 e. The highest BCUT2D eigenvalue weighted by Gasteiger charge is 1.98. The van der Waals surface area contributed by atoms with E-state index in [9.17, 15) is 0 Å². The molecule has 0 radical (unpaired) electrons. The van der Waals surface area contributed by atoms with Crippen LogP contribution in [-0.2, 0) is 6.54 Å². The highest BCUT2D eigenvalue weighted by molar-refractivity contribution is 9.10. The van der Waals surface area contributed by atoms with Crippen LogP contribution in [0.4, 0.5) is 5.69 Å². The largest absolute Gasteiger partial charge is 0.379 e. The van der Waals surface area contributed by atoms with E-state index >= 15 is 0 Å². The molecule has 2 nitrogen and oxygen atoms in total. The van der Waals surface area contributed by atoms with E-state index in [0.29, 0.717) is 0 Å². The predicted molar refractivity (Wildman–Crippen MR) is 68.6 cm³/mol. The summed E-state index contributed by atoms with van der Waals surface area (Å²) in [6.45, 7) is 0.778. The van der Waals surface area contributed by atoms with Crippen LogP contribution < -0.4 is 5.32 Å². The maximum Gasteiger partial charge on any atom is 0.106 e. The van der Waals surface area contributed by atoms with Crippen LogP contribution in [0.25, 0.3) is 0 Å². The third-order valence-electron chi connectivity index (χ3n) is 1.82. The summed E-state index contributed by atoms with van der Waals surface area (Å²) < 4.78 is 0.840. The van der Waals surface area contributed by atoms with Crippen molar-refractivity contribution in [3.05, 3.63) is 44.3 Å². The molecule has 0 unspecified atom stereocenters. The Hall–Kier alpha value is -0.580. The average molecular weight is 304 g/mol. The smallest absolute Gasteiger partial charge is 0.106 e. The second-order valence-electron chi connectivity index (χ2n) is 2.95. The number of aromatic nitrogens is 1. The summed E-state index contributed by atoms with van der Waals surface area (Å²) in [6.07, 6.45) is 1.79. The van der Waals surface area contributed by atoms with Crippen LogP contribution in [0.3, 0.4) is 0 Å². The average Bonchev–Trinajstić information content (AvgIpc) is 2.64. The number of anilines is 1. The first-order chi connectivity index (χ1) is 7.24. The molecule has 0 saturated carbocycles. The Morgan fingerprint density at radius 2 is 2.33 bits per heavy atom. The molecule has 78 valence electrons. The number of rotatable bonds is 3. The third-order valence-corrected chi connectivity index (χ3v) is 3.57. The van der Waals surface area contributed by atoms with Gasteiger partial charge >= 0.3 is 0 Å². The molecule has 0 aliphatic carbocycles. The number of hydrogen-bond donors (Lipinski definition) is 1. The van der Waals surface area contributed by atoms with Crippen molar-refractivity contribution in [3.8, 4) is 0 Å². The Bertz CT molecular complexity index is 441. The summed E-state index contributed by atoms with van der Waals surface area (Å²) >= 11 is 10.8. The van der Waals surface area contributed by atoms with Gasteiger partial charge in [-0.25, -0.2) is 4.98 Å². The van der Waals surface area contributed by atoms with Gasteiger partial charge in [-0.2, -0.15) is 0 Å². The lowest BCUT2D eigenvalue weighted by Crippen LogP contribution is -1.97. The molecular weight excluding hydrogens is 296 g/mol. The zero-order valence-corrected chi connectivity index (χ0v) is 10.9. The Kier molecular flexibility index (Phi) is 3.61. The minimum atomic E-state index is 0.778. The normalized spacial score (nSPS) is 10.3. The first-order valence-corrected chi connectivity index (χ1v) is 6.37. The van der Waals surface area contributed by atoms with E-state index in [2.05, 4.69) is 26.2 Å². The van der Waals surface area contributed by atoms with Gasteiger partial charge < -0.3 is 5.32 Å². The first-order valence-electron chi connectivity index (χ1n) is 4.32. The fourth-order valence-corrected chi connectivity index (χ4v) is 2.36. The molecule has 1 N–H and O–H groups in total. The van der Waals surface area contributed by atoms with Crippen molar-refractivity contribution in [2.75, 3.05) is 5.32 Å². The van der Waals surface area contributed by atoms with Gasteiger partial charge in [0.25, 0.3) is 0 Å². The van der Waals surface area contributed by atoms with Crippen molar-refractivity contribution in [1.29, 1.82) is 0 Å². The SMILES string of the molecule is Clc1csc(CNc2ccc(Br)nc2)c1. The molecule has 2 aromatic heterocycles. The quantitative estimate of drug-likeness (QED) is 0.861. The Morgan fingerprint density at radius 3 is 2.93 bits per heavy atom. The molecule has 0 spiro atoms. The summed E-state index contributed by atoms with van der Waals surface area (Å²) in [5, 5.41) is 6.00. The molecule has 0 aromatic carbocycles. The fourth-order valence-electron chi connectivity index (χ4n) is 1.12. The van der Waals surface area contributed by atoms with E-state index in [4.69, 9.17) is 11.6 Å². The molecule has 2 aromatic rings. The van der Waals surface area contributed by atoms with Gasteiger partial charge in [0.2, 0.25) is 0 Å².